The van der Waals surface area contributed by atoms with E-state index in [0.29, 0.717) is 17.5 Å². The Balaban J connectivity index is 3.06. The third kappa shape index (κ3) is 3.29. The summed E-state index contributed by atoms with van der Waals surface area (Å²) in [6.45, 7) is 2.12. The van der Waals surface area contributed by atoms with E-state index in [2.05, 4.69) is 18.2 Å². The molecule has 1 unspecified atom stereocenters. The van der Waals surface area contributed by atoms with Gasteiger partial charge in [0, 0.05) is 18.8 Å². The van der Waals surface area contributed by atoms with Gasteiger partial charge in [0.1, 0.15) is 5.69 Å². The molecule has 0 aromatic carbocycles. The van der Waals surface area contributed by atoms with Crippen LogP contribution in [0.4, 0.5) is 11.5 Å². The zero-order chi connectivity index (χ0) is 13.7. The lowest BCUT2D eigenvalue weighted by atomic mass is 10.2. The molecule has 1 heterocycles. The van der Waals surface area contributed by atoms with Crippen LogP contribution < -0.4 is 16.4 Å². The minimum Gasteiger partial charge on any atom is -0.396 e. The first kappa shape index (κ1) is 14.6. The van der Waals surface area contributed by atoms with E-state index < -0.39 is 5.91 Å². The predicted octanol–water partition coefficient (Wildman–Crippen LogP) is 1.34. The van der Waals surface area contributed by atoms with Gasteiger partial charge in [0.05, 0.1) is 5.69 Å². The summed E-state index contributed by atoms with van der Waals surface area (Å²) < 4.78 is 0. The molecule has 0 spiro atoms. The number of nitrogens with zero attached hydrogens (tertiary/aromatic N) is 2. The quantitative estimate of drug-likeness (QED) is 0.813. The summed E-state index contributed by atoms with van der Waals surface area (Å²) in [5.41, 5.74) is 11.9. The number of pyridine rings is 1. The molecule has 6 heteroatoms. The first-order valence-corrected chi connectivity index (χ1v) is 7.18. The van der Waals surface area contributed by atoms with E-state index in [1.54, 1.807) is 23.9 Å². The van der Waals surface area contributed by atoms with Crippen molar-refractivity contribution < 1.29 is 4.79 Å². The molecular formula is C12H20N4OS. The number of nitrogen functional groups attached to an aromatic ring is 1. The van der Waals surface area contributed by atoms with Crippen molar-refractivity contribution in [3.63, 3.8) is 0 Å². The summed E-state index contributed by atoms with van der Waals surface area (Å²) in [7, 11) is 1.94. The number of rotatable bonds is 6. The monoisotopic (exact) mass is 268 g/mol. The number of primary amides is 1. The molecule has 0 saturated carbocycles. The molecule has 1 aromatic rings. The van der Waals surface area contributed by atoms with Crippen molar-refractivity contribution in [3.8, 4) is 0 Å². The molecule has 100 valence electrons. The van der Waals surface area contributed by atoms with Crippen LogP contribution in [0.2, 0.25) is 0 Å². The first-order valence-electron chi connectivity index (χ1n) is 5.79. The smallest absolute Gasteiger partial charge is 0.267 e. The topological polar surface area (TPSA) is 85.2 Å². The molecule has 0 aliphatic heterocycles. The highest BCUT2D eigenvalue weighted by Gasteiger charge is 2.17. The van der Waals surface area contributed by atoms with Crippen LogP contribution in [0.3, 0.4) is 0 Å². The molecule has 0 saturated heterocycles. The average Bonchev–Trinajstić information content (AvgIpc) is 2.35. The maximum atomic E-state index is 11.1. The summed E-state index contributed by atoms with van der Waals surface area (Å²) >= 11 is 1.77. The van der Waals surface area contributed by atoms with Crippen molar-refractivity contribution >= 4 is 29.2 Å². The van der Waals surface area contributed by atoms with Crippen LogP contribution in [0.1, 0.15) is 23.8 Å². The Kier molecular flexibility index (Phi) is 5.27. The fourth-order valence-corrected chi connectivity index (χ4v) is 2.59. The van der Waals surface area contributed by atoms with Crippen LogP contribution in [0.25, 0.3) is 0 Å². The van der Waals surface area contributed by atoms with E-state index in [4.69, 9.17) is 11.5 Å². The normalized spacial score (nSPS) is 12.2. The van der Waals surface area contributed by atoms with Gasteiger partial charge in [0.2, 0.25) is 0 Å². The second-order valence-electron chi connectivity index (χ2n) is 4.10. The second-order valence-corrected chi connectivity index (χ2v) is 5.01. The molecule has 1 atom stereocenters. The van der Waals surface area contributed by atoms with E-state index in [1.165, 1.54) is 0 Å². The number of hydrogen-bond acceptors (Lipinski definition) is 5. The Labute approximate surface area is 112 Å². The number of thioether (sulfide) groups is 1. The van der Waals surface area contributed by atoms with Gasteiger partial charge in [-0.2, -0.15) is 11.8 Å². The molecule has 1 rings (SSSR count). The standard InChI is InChI=1S/C12H20N4OS/c1-4-8(7-18-3)16(2)12-9(13)5-6-10(15-12)11(14)17/h5-6,8H,4,7,13H2,1-3H3,(H2,14,17). The Bertz CT molecular complexity index is 425. The number of anilines is 2. The van der Waals surface area contributed by atoms with Crippen molar-refractivity contribution in [2.75, 3.05) is 29.7 Å². The average molecular weight is 268 g/mol. The van der Waals surface area contributed by atoms with Crippen LogP contribution >= 0.6 is 11.8 Å². The lowest BCUT2D eigenvalue weighted by molar-refractivity contribution is 0.0995. The maximum Gasteiger partial charge on any atom is 0.267 e. The summed E-state index contributed by atoms with van der Waals surface area (Å²) in [5, 5.41) is 0. The van der Waals surface area contributed by atoms with Crippen molar-refractivity contribution in [1.29, 1.82) is 0 Å². The number of hydrogen-bond donors (Lipinski definition) is 2. The molecule has 4 N–H and O–H groups in total. The van der Waals surface area contributed by atoms with E-state index in [0.717, 1.165) is 12.2 Å². The van der Waals surface area contributed by atoms with Crippen LogP contribution in [-0.2, 0) is 0 Å². The second kappa shape index (κ2) is 6.49. The Morgan fingerprint density at radius 2 is 2.22 bits per heavy atom. The number of nitrogens with two attached hydrogens (primary N) is 2. The van der Waals surface area contributed by atoms with Crippen LogP contribution in [0.5, 0.6) is 0 Å². The Morgan fingerprint density at radius 3 is 2.72 bits per heavy atom. The molecule has 0 radical (unpaired) electrons. The van der Waals surface area contributed by atoms with Gasteiger partial charge in [0.25, 0.3) is 5.91 Å². The van der Waals surface area contributed by atoms with Crippen molar-refractivity contribution in [2.45, 2.75) is 19.4 Å². The van der Waals surface area contributed by atoms with Gasteiger partial charge in [-0.1, -0.05) is 6.92 Å². The van der Waals surface area contributed by atoms with Gasteiger partial charge in [-0.3, -0.25) is 4.79 Å². The molecule has 0 fully saturated rings. The molecule has 0 bridgehead atoms. The third-order valence-corrected chi connectivity index (χ3v) is 3.59. The van der Waals surface area contributed by atoms with E-state index >= 15 is 0 Å². The van der Waals surface area contributed by atoms with Crippen LogP contribution in [-0.4, -0.2) is 36.0 Å². The van der Waals surface area contributed by atoms with Crippen molar-refractivity contribution in [1.82, 2.24) is 4.98 Å². The van der Waals surface area contributed by atoms with E-state index in [1.807, 2.05) is 11.9 Å². The van der Waals surface area contributed by atoms with Gasteiger partial charge in [0.15, 0.2) is 5.82 Å². The zero-order valence-corrected chi connectivity index (χ0v) is 11.8. The Morgan fingerprint density at radius 1 is 1.56 bits per heavy atom. The molecule has 0 aliphatic rings. The SMILES string of the molecule is CCC(CSC)N(C)c1nc(C(N)=O)ccc1N. The van der Waals surface area contributed by atoms with Gasteiger partial charge < -0.3 is 16.4 Å². The van der Waals surface area contributed by atoms with Crippen molar-refractivity contribution in [3.05, 3.63) is 17.8 Å². The minimum absolute atomic E-state index is 0.241. The highest BCUT2D eigenvalue weighted by Crippen LogP contribution is 2.23. The first-order chi connectivity index (χ1) is 8.51. The van der Waals surface area contributed by atoms with Crippen LogP contribution in [0, 0.1) is 0 Å². The van der Waals surface area contributed by atoms with Crippen molar-refractivity contribution in [2.24, 2.45) is 5.73 Å². The summed E-state index contributed by atoms with van der Waals surface area (Å²) in [5.74, 6) is 1.06. The van der Waals surface area contributed by atoms with Gasteiger partial charge in [-0.05, 0) is 24.8 Å². The molecule has 1 aromatic heterocycles. The molecule has 18 heavy (non-hydrogen) atoms. The number of aromatic nitrogens is 1. The predicted molar refractivity (Wildman–Crippen MR) is 78.0 cm³/mol. The largest absolute Gasteiger partial charge is 0.396 e. The number of carbonyl (C=O) groups is 1. The summed E-state index contributed by atoms with van der Waals surface area (Å²) in [4.78, 5) is 17.4. The maximum absolute atomic E-state index is 11.1. The molecule has 1 amide bonds. The van der Waals surface area contributed by atoms with E-state index in [9.17, 15) is 4.79 Å². The fourth-order valence-electron chi connectivity index (χ4n) is 1.75. The lowest BCUT2D eigenvalue weighted by Gasteiger charge is -2.28. The lowest BCUT2D eigenvalue weighted by Crippen LogP contribution is -2.34. The highest BCUT2D eigenvalue weighted by molar-refractivity contribution is 7.98. The number of amides is 1. The summed E-state index contributed by atoms with van der Waals surface area (Å²) in [6.07, 6.45) is 3.05. The molecule has 0 aliphatic carbocycles. The van der Waals surface area contributed by atoms with Gasteiger partial charge in [-0.15, -0.1) is 0 Å². The zero-order valence-electron chi connectivity index (χ0n) is 11.0. The highest BCUT2D eigenvalue weighted by atomic mass is 32.2. The van der Waals surface area contributed by atoms with Gasteiger partial charge in [-0.25, -0.2) is 4.98 Å². The Hall–Kier alpha value is -1.43. The number of carbonyl (C=O) groups excluding carboxylic acids is 1. The third-order valence-electron chi connectivity index (χ3n) is 2.87. The van der Waals surface area contributed by atoms with Crippen LogP contribution in [0.15, 0.2) is 12.1 Å². The fraction of sp³-hybridized carbons (Fsp3) is 0.500. The molecule has 5 nitrogen and oxygen atoms in total. The minimum atomic E-state index is -0.539. The summed E-state index contributed by atoms with van der Waals surface area (Å²) in [6, 6.07) is 3.55. The van der Waals surface area contributed by atoms with Gasteiger partial charge >= 0.3 is 0 Å². The molecular weight excluding hydrogens is 248 g/mol. The van der Waals surface area contributed by atoms with E-state index in [-0.39, 0.29) is 5.69 Å².